The van der Waals surface area contributed by atoms with Gasteiger partial charge in [0, 0.05) is 36.9 Å². The van der Waals surface area contributed by atoms with Gasteiger partial charge in [-0.25, -0.2) is 4.68 Å². The van der Waals surface area contributed by atoms with E-state index in [4.69, 9.17) is 4.74 Å². The minimum absolute atomic E-state index is 0.227. The van der Waals surface area contributed by atoms with Gasteiger partial charge in [-0.05, 0) is 50.8 Å². The maximum Gasteiger partial charge on any atom is 0.113 e. The number of aliphatic hydroxyl groups excluding tert-OH is 1. The molecule has 3 heterocycles. The molecule has 2 aliphatic rings. The Morgan fingerprint density at radius 3 is 2.85 bits per heavy atom. The third kappa shape index (κ3) is 3.62. The minimum Gasteiger partial charge on any atom is -0.393 e. The first-order valence-electron chi connectivity index (χ1n) is 9.66. The highest BCUT2D eigenvalue weighted by Crippen LogP contribution is 2.31. The van der Waals surface area contributed by atoms with Crippen LogP contribution in [0.4, 0.5) is 5.69 Å². The fraction of sp³-hybridized carbons (Fsp3) is 0.600. The summed E-state index contributed by atoms with van der Waals surface area (Å²) in [5.74, 6) is 0.386. The van der Waals surface area contributed by atoms with Gasteiger partial charge in [-0.3, -0.25) is 0 Å². The van der Waals surface area contributed by atoms with E-state index in [-0.39, 0.29) is 12.2 Å². The van der Waals surface area contributed by atoms with E-state index in [9.17, 15) is 5.11 Å². The van der Waals surface area contributed by atoms with Crippen LogP contribution in [0, 0.1) is 12.8 Å². The van der Waals surface area contributed by atoms with Crippen molar-refractivity contribution in [3.05, 3.63) is 30.0 Å². The predicted octanol–water partition coefficient (Wildman–Crippen LogP) is 2.64. The first-order chi connectivity index (χ1) is 12.6. The molecule has 0 bridgehead atoms. The monoisotopic (exact) mass is 356 g/mol. The molecular weight excluding hydrogens is 328 g/mol. The molecule has 6 heteroatoms. The second kappa shape index (κ2) is 7.37. The van der Waals surface area contributed by atoms with E-state index in [1.807, 2.05) is 17.8 Å². The van der Waals surface area contributed by atoms with Gasteiger partial charge in [-0.1, -0.05) is 11.3 Å². The summed E-state index contributed by atoms with van der Waals surface area (Å²) in [5, 5.41) is 18.3. The molecule has 2 atom stereocenters. The van der Waals surface area contributed by atoms with Crippen molar-refractivity contribution in [3.8, 4) is 11.3 Å². The van der Waals surface area contributed by atoms with Crippen molar-refractivity contribution in [2.75, 3.05) is 24.6 Å². The Morgan fingerprint density at radius 2 is 2.15 bits per heavy atom. The summed E-state index contributed by atoms with van der Waals surface area (Å²) in [6, 6.07) is 6.48. The van der Waals surface area contributed by atoms with Crippen LogP contribution in [0.15, 0.2) is 24.4 Å². The van der Waals surface area contributed by atoms with Crippen LogP contribution in [-0.4, -0.2) is 52.0 Å². The standard InChI is InChI=1S/C20H28N4O2/c1-14-9-17(23-10-16(11-23)15(2)25)6-7-19(14)20-13-24(22-21-20)12-18-5-3-4-8-26-18/h6-7,9,13,15-16,18,25H,3-5,8,10-12H2,1-2H3. The molecule has 1 aromatic heterocycles. The third-order valence-corrected chi connectivity index (χ3v) is 5.65. The van der Waals surface area contributed by atoms with Crippen molar-refractivity contribution in [1.29, 1.82) is 0 Å². The lowest BCUT2D eigenvalue weighted by Crippen LogP contribution is -2.51. The van der Waals surface area contributed by atoms with E-state index in [2.05, 4.69) is 40.3 Å². The van der Waals surface area contributed by atoms with E-state index in [1.165, 1.54) is 24.1 Å². The largest absolute Gasteiger partial charge is 0.393 e. The Labute approximate surface area is 154 Å². The molecular formula is C20H28N4O2. The summed E-state index contributed by atoms with van der Waals surface area (Å²) in [5.41, 5.74) is 4.45. The maximum atomic E-state index is 9.65. The molecule has 2 aromatic rings. The van der Waals surface area contributed by atoms with Gasteiger partial charge in [-0.2, -0.15) is 0 Å². The van der Waals surface area contributed by atoms with Gasteiger partial charge in [0.2, 0.25) is 0 Å². The van der Waals surface area contributed by atoms with Crippen molar-refractivity contribution >= 4 is 5.69 Å². The molecule has 0 saturated carbocycles. The molecule has 2 aliphatic heterocycles. The molecule has 140 valence electrons. The second-order valence-electron chi connectivity index (χ2n) is 7.72. The van der Waals surface area contributed by atoms with E-state index in [0.29, 0.717) is 5.92 Å². The van der Waals surface area contributed by atoms with Crippen LogP contribution in [0.2, 0.25) is 0 Å². The number of aliphatic hydroxyl groups is 1. The summed E-state index contributed by atoms with van der Waals surface area (Å²) in [6.45, 7) is 7.48. The van der Waals surface area contributed by atoms with Crippen molar-refractivity contribution in [2.45, 2.75) is 51.9 Å². The fourth-order valence-corrected chi connectivity index (χ4v) is 3.83. The highest BCUT2D eigenvalue weighted by atomic mass is 16.5. The molecule has 2 saturated heterocycles. The van der Waals surface area contributed by atoms with Crippen molar-refractivity contribution in [3.63, 3.8) is 0 Å². The SMILES string of the molecule is Cc1cc(N2CC(C(C)O)C2)ccc1-c1cn(CC2CCCCO2)nn1. The van der Waals surface area contributed by atoms with Crippen LogP contribution in [0.3, 0.4) is 0 Å². The first kappa shape index (κ1) is 17.5. The zero-order valence-corrected chi connectivity index (χ0v) is 15.6. The highest BCUT2D eigenvalue weighted by Gasteiger charge is 2.30. The first-order valence-corrected chi connectivity index (χ1v) is 9.66. The van der Waals surface area contributed by atoms with E-state index >= 15 is 0 Å². The van der Waals surface area contributed by atoms with Gasteiger partial charge < -0.3 is 14.7 Å². The van der Waals surface area contributed by atoms with Gasteiger partial charge in [0.05, 0.1) is 24.9 Å². The van der Waals surface area contributed by atoms with Crippen molar-refractivity contribution in [1.82, 2.24) is 15.0 Å². The van der Waals surface area contributed by atoms with Crippen molar-refractivity contribution < 1.29 is 9.84 Å². The van der Waals surface area contributed by atoms with E-state index in [1.54, 1.807) is 0 Å². The van der Waals surface area contributed by atoms with Crippen LogP contribution in [0.25, 0.3) is 11.3 Å². The highest BCUT2D eigenvalue weighted by molar-refractivity contribution is 5.67. The smallest absolute Gasteiger partial charge is 0.113 e. The molecule has 0 aliphatic carbocycles. The lowest BCUT2D eigenvalue weighted by atomic mass is 9.93. The summed E-state index contributed by atoms with van der Waals surface area (Å²) >= 11 is 0. The quantitative estimate of drug-likeness (QED) is 0.892. The van der Waals surface area contributed by atoms with E-state index < -0.39 is 0 Å². The predicted molar refractivity (Wildman–Crippen MR) is 101 cm³/mol. The Hall–Kier alpha value is -1.92. The van der Waals surface area contributed by atoms with Crippen LogP contribution in [-0.2, 0) is 11.3 Å². The van der Waals surface area contributed by atoms with E-state index in [0.717, 1.165) is 43.9 Å². The van der Waals surface area contributed by atoms with Crippen molar-refractivity contribution in [2.24, 2.45) is 5.92 Å². The zero-order valence-electron chi connectivity index (χ0n) is 15.6. The molecule has 0 spiro atoms. The molecule has 1 aromatic carbocycles. The van der Waals surface area contributed by atoms with Crippen LogP contribution in [0.1, 0.15) is 31.7 Å². The average molecular weight is 356 g/mol. The van der Waals surface area contributed by atoms with Crippen LogP contribution < -0.4 is 4.90 Å². The number of ether oxygens (including phenoxy) is 1. The Bertz CT molecular complexity index is 746. The van der Waals surface area contributed by atoms with Gasteiger partial charge >= 0.3 is 0 Å². The lowest BCUT2D eigenvalue weighted by molar-refractivity contribution is 0.00370. The minimum atomic E-state index is -0.227. The summed E-state index contributed by atoms with van der Waals surface area (Å²) in [6.07, 6.45) is 5.56. The lowest BCUT2D eigenvalue weighted by Gasteiger charge is -2.42. The zero-order chi connectivity index (χ0) is 18.1. The molecule has 2 fully saturated rings. The molecule has 1 N–H and O–H groups in total. The van der Waals surface area contributed by atoms with Crippen LogP contribution in [0.5, 0.6) is 0 Å². The number of anilines is 1. The number of rotatable bonds is 5. The van der Waals surface area contributed by atoms with Gasteiger partial charge in [0.1, 0.15) is 5.69 Å². The number of aromatic nitrogens is 3. The fourth-order valence-electron chi connectivity index (χ4n) is 3.83. The third-order valence-electron chi connectivity index (χ3n) is 5.65. The van der Waals surface area contributed by atoms with Gasteiger partial charge in [0.25, 0.3) is 0 Å². The molecule has 0 radical (unpaired) electrons. The number of hydrogen-bond donors (Lipinski definition) is 1. The topological polar surface area (TPSA) is 63.4 Å². The summed E-state index contributed by atoms with van der Waals surface area (Å²) < 4.78 is 7.70. The normalized spacial score (nSPS) is 22.3. The summed E-state index contributed by atoms with van der Waals surface area (Å²) in [7, 11) is 0. The van der Waals surface area contributed by atoms with Gasteiger partial charge in [0.15, 0.2) is 0 Å². The number of aryl methyl sites for hydroxylation is 1. The summed E-state index contributed by atoms with van der Waals surface area (Å²) in [4.78, 5) is 2.31. The van der Waals surface area contributed by atoms with Gasteiger partial charge in [-0.15, -0.1) is 5.10 Å². The Kier molecular flexibility index (Phi) is 4.96. The second-order valence-corrected chi connectivity index (χ2v) is 7.72. The maximum absolute atomic E-state index is 9.65. The molecule has 6 nitrogen and oxygen atoms in total. The number of nitrogens with zero attached hydrogens (tertiary/aromatic N) is 4. The average Bonchev–Trinajstić information content (AvgIpc) is 3.02. The number of hydrogen-bond acceptors (Lipinski definition) is 5. The molecule has 0 amide bonds. The molecule has 2 unspecified atom stereocenters. The molecule has 26 heavy (non-hydrogen) atoms. The Balaban J connectivity index is 1.43. The Morgan fingerprint density at radius 1 is 1.31 bits per heavy atom. The van der Waals surface area contributed by atoms with Crippen LogP contribution >= 0.6 is 0 Å². The molecule has 4 rings (SSSR count). The number of benzene rings is 1.